The number of benzene rings is 10. The van der Waals surface area contributed by atoms with E-state index < -0.39 is 0 Å². The predicted octanol–water partition coefficient (Wildman–Crippen LogP) is 19.7. The van der Waals surface area contributed by atoms with E-state index in [1.165, 1.54) is 98.8 Å². The molecule has 10 aromatic carbocycles. The molecule has 5 heterocycles. The third-order valence-electron chi connectivity index (χ3n) is 14.3. The lowest BCUT2D eigenvalue weighted by Gasteiger charge is -2.11. The maximum absolute atomic E-state index is 6.88. The minimum absolute atomic E-state index is 0.884. The molecule has 0 unspecified atom stereocenters. The zero-order chi connectivity index (χ0) is 47.7. The number of hydrogen-bond acceptors (Lipinski definition) is 2. The largest absolute Gasteiger partial charge is 0.455 e. The van der Waals surface area contributed by atoms with Crippen LogP contribution in [0.2, 0.25) is 0 Å². The number of unbranched alkanes of at least 4 members (excludes halogenated alkanes) is 1. The van der Waals surface area contributed by atoms with Crippen LogP contribution in [-0.2, 0) is 0 Å². The van der Waals surface area contributed by atoms with Crippen molar-refractivity contribution in [2.24, 2.45) is 0 Å². The lowest BCUT2D eigenvalue weighted by Crippen LogP contribution is -1.94. The minimum Gasteiger partial charge on any atom is -0.455 e. The molecule has 5 aromatic heterocycles. The first-order valence-electron chi connectivity index (χ1n) is 25.1. The van der Waals surface area contributed by atoms with Gasteiger partial charge in [-0.3, -0.25) is 0 Å². The molecule has 0 aliphatic rings. The average Bonchev–Trinajstić information content (AvgIpc) is 4.25. The van der Waals surface area contributed by atoms with E-state index in [2.05, 4.69) is 240 Å². The second kappa shape index (κ2) is 17.2. The molecule has 0 saturated heterocycles. The number of hydrogen-bond donors (Lipinski definition) is 0. The van der Waals surface area contributed by atoms with Gasteiger partial charge in [0.25, 0.3) is 0 Å². The molecule has 15 aromatic rings. The van der Waals surface area contributed by atoms with Crippen molar-refractivity contribution in [3.8, 4) is 28.2 Å². The Morgan fingerprint density at radius 3 is 1.37 bits per heavy atom. The molecule has 342 valence electrons. The molecule has 0 fully saturated rings. The zero-order valence-corrected chi connectivity index (χ0v) is 41.1. The van der Waals surface area contributed by atoms with Crippen LogP contribution >= 0.6 is 11.3 Å². The summed E-state index contributed by atoms with van der Waals surface area (Å²) >= 11 is 1.86. The van der Waals surface area contributed by atoms with Crippen LogP contribution in [0.3, 0.4) is 0 Å². The summed E-state index contributed by atoms with van der Waals surface area (Å²) < 4.78 is 16.7. The smallest absolute Gasteiger partial charge is 0.145 e. The summed E-state index contributed by atoms with van der Waals surface area (Å²) in [7, 11) is 0. The fraction of sp³-hybridized carbons (Fsp3) is 0.0909. The van der Waals surface area contributed by atoms with Gasteiger partial charge in [0.2, 0.25) is 0 Å². The summed E-state index contributed by atoms with van der Waals surface area (Å²) in [6.07, 6.45) is 2.64. The van der Waals surface area contributed by atoms with Crippen LogP contribution in [0.4, 0.5) is 0 Å². The summed E-state index contributed by atoms with van der Waals surface area (Å²) in [6.45, 7) is 8.36. The molecule has 15 rings (SSSR count). The Hall–Kier alpha value is -8.38. The van der Waals surface area contributed by atoms with Gasteiger partial charge < -0.3 is 18.1 Å². The lowest BCUT2D eigenvalue weighted by atomic mass is 10.0. The van der Waals surface area contributed by atoms with E-state index in [-0.39, 0.29) is 0 Å². The SMILES string of the molecule is CC.CCCC.c1cc(-c2ccc3sc4ccc(-n5c6ccccc6c6ccccc65)cc4c3c2)cc(-n2c3ccccc3c3c4oc5ccc(-n6c7ccccc7c7ccccc76)cc5c4ccc32)c1. The van der Waals surface area contributed by atoms with Gasteiger partial charge in [0.15, 0.2) is 0 Å². The Labute approximate surface area is 415 Å². The number of para-hydroxylation sites is 5. The molecule has 0 spiro atoms. The van der Waals surface area contributed by atoms with Gasteiger partial charge in [-0.15, -0.1) is 11.3 Å². The summed E-state index contributed by atoms with van der Waals surface area (Å²) in [5.41, 5.74) is 14.7. The number of nitrogens with zero attached hydrogens (tertiary/aromatic N) is 3. The van der Waals surface area contributed by atoms with Crippen LogP contribution in [0.5, 0.6) is 0 Å². The standard InChI is InChI=1S/C60H35N3OS.C4H10.C2H6/c1-6-19-50-41(14-1)42-15-2-7-20-51(42)61(50)39-25-29-56-47(34-39)45-27-28-55-59(60(45)64-56)46-18-5-10-23-54(46)63(55)38-13-11-12-36(32-38)37-24-30-57-48(33-37)49-35-40(26-31-58(49)65-57)62-52-21-8-3-16-43(52)44-17-4-9-22-53(44)62;1-3-4-2;1-2/h1-35H;3-4H2,1-2H3;1-2H3. The van der Waals surface area contributed by atoms with Crippen LogP contribution in [0.25, 0.3) is 136 Å². The van der Waals surface area contributed by atoms with Crippen molar-refractivity contribution in [1.82, 2.24) is 13.7 Å². The van der Waals surface area contributed by atoms with Crippen molar-refractivity contribution in [3.05, 3.63) is 212 Å². The number of rotatable bonds is 5. The molecule has 0 bridgehead atoms. The topological polar surface area (TPSA) is 27.9 Å². The molecule has 0 saturated carbocycles. The average molecular weight is 934 g/mol. The van der Waals surface area contributed by atoms with E-state index in [0.717, 1.165) is 49.7 Å². The predicted molar refractivity (Wildman–Crippen MR) is 307 cm³/mol. The van der Waals surface area contributed by atoms with E-state index in [1.54, 1.807) is 0 Å². The van der Waals surface area contributed by atoms with Crippen molar-refractivity contribution in [3.63, 3.8) is 0 Å². The maximum Gasteiger partial charge on any atom is 0.145 e. The quantitative estimate of drug-likeness (QED) is 0.169. The highest BCUT2D eigenvalue weighted by molar-refractivity contribution is 7.25. The summed E-state index contributed by atoms with van der Waals surface area (Å²) in [4.78, 5) is 0. The van der Waals surface area contributed by atoms with Gasteiger partial charge in [0, 0.05) is 74.9 Å². The molecular weight excluding hydrogens is 883 g/mol. The first-order valence-corrected chi connectivity index (χ1v) is 25.9. The van der Waals surface area contributed by atoms with Crippen molar-refractivity contribution >= 4 is 119 Å². The first-order chi connectivity index (χ1) is 35.1. The van der Waals surface area contributed by atoms with Gasteiger partial charge in [0.1, 0.15) is 11.2 Å². The molecule has 0 aliphatic carbocycles. The van der Waals surface area contributed by atoms with Crippen LogP contribution in [0.15, 0.2) is 217 Å². The molecule has 0 radical (unpaired) electrons. The van der Waals surface area contributed by atoms with Crippen molar-refractivity contribution in [2.45, 2.75) is 40.5 Å². The Bertz CT molecular complexity index is 4430. The minimum atomic E-state index is 0.884. The van der Waals surface area contributed by atoms with Gasteiger partial charge in [-0.2, -0.15) is 0 Å². The number of fused-ring (bicyclic) bond motifs is 16. The summed E-state index contributed by atoms with van der Waals surface area (Å²) in [5, 5.41) is 12.1. The van der Waals surface area contributed by atoms with Gasteiger partial charge in [-0.1, -0.05) is 150 Å². The van der Waals surface area contributed by atoms with E-state index in [4.69, 9.17) is 4.42 Å². The van der Waals surface area contributed by atoms with Gasteiger partial charge in [-0.05, 0) is 114 Å². The normalized spacial score (nSPS) is 11.8. The molecule has 71 heavy (non-hydrogen) atoms. The number of aromatic nitrogens is 3. The summed E-state index contributed by atoms with van der Waals surface area (Å²) in [6, 6.07) is 77.7. The first kappa shape index (κ1) is 42.7. The molecule has 0 N–H and O–H groups in total. The molecule has 0 aliphatic heterocycles. The molecule has 5 heteroatoms. The Kier molecular flexibility index (Phi) is 10.4. The Morgan fingerprint density at radius 2 is 0.789 bits per heavy atom. The van der Waals surface area contributed by atoms with Gasteiger partial charge in [-0.25, -0.2) is 0 Å². The summed E-state index contributed by atoms with van der Waals surface area (Å²) in [5.74, 6) is 0. The van der Waals surface area contributed by atoms with Crippen LogP contribution in [0.1, 0.15) is 40.5 Å². The van der Waals surface area contributed by atoms with E-state index in [9.17, 15) is 0 Å². The fourth-order valence-electron chi connectivity index (χ4n) is 11.0. The number of thiophene rings is 1. The van der Waals surface area contributed by atoms with Crippen LogP contribution in [-0.4, -0.2) is 13.7 Å². The van der Waals surface area contributed by atoms with Crippen LogP contribution in [0, 0.1) is 0 Å². The molecule has 0 amide bonds. The molecule has 0 atom stereocenters. The number of furan rings is 1. The maximum atomic E-state index is 6.88. The van der Waals surface area contributed by atoms with Crippen molar-refractivity contribution < 1.29 is 4.42 Å². The highest BCUT2D eigenvalue weighted by Gasteiger charge is 2.21. The lowest BCUT2D eigenvalue weighted by molar-refractivity contribution is 0.673. The van der Waals surface area contributed by atoms with Crippen molar-refractivity contribution in [2.75, 3.05) is 0 Å². The molecule has 4 nitrogen and oxygen atoms in total. The van der Waals surface area contributed by atoms with Gasteiger partial charge in [0.05, 0.1) is 38.5 Å². The second-order valence-electron chi connectivity index (χ2n) is 18.3. The third kappa shape index (κ3) is 6.64. The highest BCUT2D eigenvalue weighted by Crippen LogP contribution is 2.44. The van der Waals surface area contributed by atoms with Crippen LogP contribution < -0.4 is 0 Å². The third-order valence-corrected chi connectivity index (χ3v) is 15.5. The fourth-order valence-corrected chi connectivity index (χ4v) is 12.1. The Balaban J connectivity index is 0.000000784. The highest BCUT2D eigenvalue weighted by atomic mass is 32.1. The van der Waals surface area contributed by atoms with Crippen molar-refractivity contribution in [1.29, 1.82) is 0 Å². The Morgan fingerprint density at radius 1 is 0.338 bits per heavy atom. The second-order valence-corrected chi connectivity index (χ2v) is 19.3. The van der Waals surface area contributed by atoms with E-state index in [1.807, 2.05) is 25.2 Å². The zero-order valence-electron chi connectivity index (χ0n) is 40.3. The van der Waals surface area contributed by atoms with Gasteiger partial charge >= 0.3 is 0 Å². The monoisotopic (exact) mass is 933 g/mol. The van der Waals surface area contributed by atoms with E-state index >= 15 is 0 Å². The molecular formula is C66H51N3OS. The van der Waals surface area contributed by atoms with E-state index in [0.29, 0.717) is 0 Å².